The highest BCUT2D eigenvalue weighted by Gasteiger charge is 2.51. The predicted molar refractivity (Wildman–Crippen MR) is 375 cm³/mol. The molecule has 0 bridgehead atoms. The summed E-state index contributed by atoms with van der Waals surface area (Å²) in [6, 6.07) is 56.6. The van der Waals surface area contributed by atoms with Crippen LogP contribution in [0, 0.1) is 83.1 Å². The van der Waals surface area contributed by atoms with Crippen LogP contribution in [0.25, 0.3) is 20.2 Å². The molecule has 6 aliphatic heterocycles. The maximum atomic E-state index is 7.33. The van der Waals surface area contributed by atoms with Crippen molar-refractivity contribution >= 4 is 173 Å². The van der Waals surface area contributed by atoms with E-state index in [2.05, 4.69) is 249 Å². The predicted octanol–water partition coefficient (Wildman–Crippen LogP) is 15.0. The summed E-state index contributed by atoms with van der Waals surface area (Å²) >= 11 is 3.77. The quantitative estimate of drug-likeness (QED) is 0.178. The Hall–Kier alpha value is -8.89. The number of hydrogen-bond acceptors (Lipinski definition) is 8. The molecule has 87 heavy (non-hydrogen) atoms. The zero-order chi connectivity index (χ0) is 59.1. The number of nitrogens with zero attached hydrogens (tertiary/aromatic N) is 3. The summed E-state index contributed by atoms with van der Waals surface area (Å²) in [5.41, 5.74) is 36.8. The first-order chi connectivity index (χ1) is 42.0. The number of fused-ring (bicyclic) bond motifs is 16. The summed E-state index contributed by atoms with van der Waals surface area (Å²) in [7, 11) is 0. The van der Waals surface area contributed by atoms with Gasteiger partial charge in [-0.3, -0.25) is 0 Å². The van der Waals surface area contributed by atoms with E-state index in [-0.39, 0.29) is 20.1 Å². The molecular formula is C76H61B3N4O2S2. The van der Waals surface area contributed by atoms with Crippen LogP contribution < -0.4 is 77.3 Å². The van der Waals surface area contributed by atoms with Crippen molar-refractivity contribution in [2.75, 3.05) is 20.0 Å². The first-order valence-corrected chi connectivity index (χ1v) is 32.3. The van der Waals surface area contributed by atoms with Gasteiger partial charge in [0.25, 0.3) is 20.1 Å². The number of aryl methyl sites for hydroxylation is 12. The van der Waals surface area contributed by atoms with Gasteiger partial charge < -0.3 is 29.5 Å². The average molecular weight is 1160 g/mol. The molecule has 0 spiro atoms. The minimum atomic E-state index is -0.182. The van der Waals surface area contributed by atoms with Crippen molar-refractivity contribution < 1.29 is 9.47 Å². The molecule has 0 amide bonds. The van der Waals surface area contributed by atoms with E-state index in [0.717, 1.165) is 39.9 Å². The van der Waals surface area contributed by atoms with E-state index >= 15 is 0 Å². The Morgan fingerprint density at radius 3 is 1.21 bits per heavy atom. The molecule has 0 aliphatic carbocycles. The minimum absolute atomic E-state index is 0.0593. The third kappa shape index (κ3) is 7.01. The van der Waals surface area contributed by atoms with Gasteiger partial charge in [0, 0.05) is 75.2 Å². The SMILES string of the molecule is Cc1cc(C)c(N2c3cc4c(cc3B3c5sc6ccccc6c5Oc5cc(C)cc2c53)B2c3cc5c(cc3N(c3c(C)cc(C)cc3C)c3cc(C)cc(c32)N4c2c(C)cc(C)cc2C)Nc2cc(C)cc3c2B5c2sc4ccccc4c2O3)c(C)c1. The van der Waals surface area contributed by atoms with Gasteiger partial charge in [-0.05, 0) is 244 Å². The third-order valence-electron chi connectivity index (χ3n) is 19.7. The average Bonchev–Trinajstić information content (AvgIpc) is 1.25. The smallest absolute Gasteiger partial charge is 0.268 e. The van der Waals surface area contributed by atoms with Gasteiger partial charge in [0.1, 0.15) is 23.0 Å². The summed E-state index contributed by atoms with van der Waals surface area (Å²) in [5.74, 6) is 3.83. The first kappa shape index (κ1) is 51.3. The maximum absolute atomic E-state index is 7.33. The summed E-state index contributed by atoms with van der Waals surface area (Å²) in [6.45, 7) is 26.9. The van der Waals surface area contributed by atoms with Gasteiger partial charge >= 0.3 is 0 Å². The molecule has 0 saturated carbocycles. The number of benzene rings is 10. The Kier molecular flexibility index (Phi) is 10.5. The monoisotopic (exact) mass is 1160 g/mol. The Morgan fingerprint density at radius 1 is 0.333 bits per heavy atom. The number of anilines is 11. The Morgan fingerprint density at radius 2 is 0.713 bits per heavy atom. The second-order valence-electron chi connectivity index (χ2n) is 26.1. The molecule has 0 radical (unpaired) electrons. The topological polar surface area (TPSA) is 40.2 Å². The van der Waals surface area contributed by atoms with Gasteiger partial charge in [0.05, 0.1) is 17.1 Å². The van der Waals surface area contributed by atoms with Crippen LogP contribution in [0.2, 0.25) is 0 Å². The van der Waals surface area contributed by atoms with Crippen molar-refractivity contribution in [3.8, 4) is 23.0 Å². The fourth-order valence-electron chi connectivity index (χ4n) is 16.9. The van der Waals surface area contributed by atoms with Crippen LogP contribution >= 0.6 is 22.7 Å². The molecule has 11 heteroatoms. The highest BCUT2D eigenvalue weighted by Crippen LogP contribution is 2.52. The zero-order valence-corrected chi connectivity index (χ0v) is 52.7. The molecule has 10 aromatic carbocycles. The summed E-state index contributed by atoms with van der Waals surface area (Å²) in [4.78, 5) is 7.97. The van der Waals surface area contributed by atoms with Crippen LogP contribution in [0.4, 0.5) is 62.6 Å². The van der Waals surface area contributed by atoms with Crippen molar-refractivity contribution in [3.63, 3.8) is 0 Å². The van der Waals surface area contributed by atoms with Crippen molar-refractivity contribution in [3.05, 3.63) is 212 Å². The minimum Gasteiger partial charge on any atom is -0.457 e. The number of hydrogen-bond donors (Lipinski definition) is 1. The lowest BCUT2D eigenvalue weighted by Crippen LogP contribution is -2.65. The lowest BCUT2D eigenvalue weighted by molar-refractivity contribution is 0.494. The number of thiophene rings is 2. The fraction of sp³-hybridized carbons (Fsp3) is 0.158. The second-order valence-corrected chi connectivity index (χ2v) is 28.2. The standard InChI is InChI=1S/C76H61B3N4O2S2/c1-37-21-43(7)70(44(8)22-37)81-57-35-55-51(78-67-56(80-55)27-40(4)31-63(67)84-73-49-17-13-15-19-65(49)86-75(73)78)33-52(57)77-53-34-54-59(36-58(53)82(61-29-41(5)28-60(81)68(61)77)71-45(9)23-38(2)24-46(71)10)83(72-47(11)25-39(3)26-48(72)12)62-30-42(6)32-64-69(62)79(54)76-74(85-64)50-18-14-16-20-66(50)87-76/h13-36,80H,1-12H3. The molecular weight excluding hydrogens is 1100 g/mol. The maximum Gasteiger partial charge on any atom is 0.268 e. The van der Waals surface area contributed by atoms with E-state index < -0.39 is 0 Å². The third-order valence-corrected chi connectivity index (χ3v) is 22.1. The van der Waals surface area contributed by atoms with E-state index in [0.29, 0.717) is 0 Å². The molecule has 2 aromatic heterocycles. The fourth-order valence-corrected chi connectivity index (χ4v) is 19.4. The number of nitrogens with one attached hydrogen (secondary N) is 1. The van der Waals surface area contributed by atoms with Crippen molar-refractivity contribution in [1.29, 1.82) is 0 Å². The molecule has 6 aliphatic rings. The van der Waals surface area contributed by atoms with Crippen LogP contribution in [-0.2, 0) is 0 Å². The highest BCUT2D eigenvalue weighted by atomic mass is 32.1. The first-order valence-electron chi connectivity index (χ1n) is 30.6. The molecule has 8 heterocycles. The molecule has 0 saturated heterocycles. The van der Waals surface area contributed by atoms with E-state index in [1.165, 1.54) is 180 Å². The Balaban J connectivity index is 0.998. The molecule has 18 rings (SSSR count). The molecule has 1 N–H and O–H groups in total. The van der Waals surface area contributed by atoms with Crippen LogP contribution in [-0.4, -0.2) is 20.1 Å². The number of rotatable bonds is 3. The van der Waals surface area contributed by atoms with E-state index in [9.17, 15) is 0 Å². The van der Waals surface area contributed by atoms with E-state index in [1.807, 2.05) is 22.7 Å². The van der Waals surface area contributed by atoms with E-state index in [4.69, 9.17) is 9.47 Å². The van der Waals surface area contributed by atoms with Gasteiger partial charge in [-0.1, -0.05) is 89.5 Å². The van der Waals surface area contributed by atoms with Gasteiger partial charge in [-0.25, -0.2) is 0 Å². The normalized spacial score (nSPS) is 14.1. The molecule has 0 fully saturated rings. The summed E-state index contributed by atoms with van der Waals surface area (Å²) < 4.78 is 19.4. The van der Waals surface area contributed by atoms with Crippen LogP contribution in [0.3, 0.4) is 0 Å². The van der Waals surface area contributed by atoms with Crippen LogP contribution in [0.1, 0.15) is 66.8 Å². The summed E-state index contributed by atoms with van der Waals surface area (Å²) in [5, 5.41) is 6.45. The molecule has 6 nitrogen and oxygen atoms in total. The lowest BCUT2D eigenvalue weighted by atomic mass is 9.30. The van der Waals surface area contributed by atoms with Crippen LogP contribution in [0.15, 0.2) is 146 Å². The molecule has 0 unspecified atom stereocenters. The Bertz CT molecular complexity index is 5120. The zero-order valence-electron chi connectivity index (χ0n) is 51.1. The largest absolute Gasteiger partial charge is 0.457 e. The van der Waals surface area contributed by atoms with Crippen molar-refractivity contribution in [2.24, 2.45) is 0 Å². The van der Waals surface area contributed by atoms with Crippen LogP contribution in [0.5, 0.6) is 23.0 Å². The number of ether oxygens (including phenoxy) is 2. The molecule has 418 valence electrons. The van der Waals surface area contributed by atoms with Gasteiger partial charge in [-0.2, -0.15) is 0 Å². The van der Waals surface area contributed by atoms with E-state index in [1.54, 1.807) is 0 Å². The van der Waals surface area contributed by atoms with Gasteiger partial charge in [0.15, 0.2) is 0 Å². The summed E-state index contributed by atoms with van der Waals surface area (Å²) in [6.07, 6.45) is 0. The Labute approximate surface area is 517 Å². The second kappa shape index (κ2) is 17.9. The highest BCUT2D eigenvalue weighted by molar-refractivity contribution is 7.34. The van der Waals surface area contributed by atoms with Gasteiger partial charge in [0.2, 0.25) is 0 Å². The molecule has 0 atom stereocenters. The van der Waals surface area contributed by atoms with Crippen molar-refractivity contribution in [1.82, 2.24) is 0 Å². The molecule has 12 aromatic rings. The van der Waals surface area contributed by atoms with Gasteiger partial charge in [-0.15, -0.1) is 22.7 Å². The lowest BCUT2D eigenvalue weighted by Gasteiger charge is -2.47. The van der Waals surface area contributed by atoms with Crippen molar-refractivity contribution in [2.45, 2.75) is 83.1 Å².